The molecular formula is C15H20N2O. The van der Waals surface area contributed by atoms with E-state index in [-0.39, 0.29) is 11.9 Å². The van der Waals surface area contributed by atoms with Gasteiger partial charge in [0, 0.05) is 32.6 Å². The zero-order valence-electron chi connectivity index (χ0n) is 10.9. The smallest absolute Gasteiger partial charge is 0.220 e. The van der Waals surface area contributed by atoms with Crippen LogP contribution in [0.1, 0.15) is 31.4 Å². The van der Waals surface area contributed by atoms with E-state index in [1.165, 1.54) is 18.4 Å². The first-order valence-corrected chi connectivity index (χ1v) is 6.82. The molecule has 0 spiro atoms. The number of carbonyl (C=O) groups is 1. The van der Waals surface area contributed by atoms with Crippen LogP contribution in [-0.2, 0) is 4.79 Å². The maximum absolute atomic E-state index is 11.8. The quantitative estimate of drug-likeness (QED) is 0.795. The van der Waals surface area contributed by atoms with Crippen LogP contribution in [0.15, 0.2) is 30.3 Å². The fraction of sp³-hybridized carbons (Fsp3) is 0.533. The summed E-state index contributed by atoms with van der Waals surface area (Å²) in [5, 5.41) is 0. The average Bonchev–Trinajstić information content (AvgIpc) is 3.23. The normalized spacial score (nSPS) is 25.2. The van der Waals surface area contributed by atoms with Crippen LogP contribution in [0.25, 0.3) is 0 Å². The van der Waals surface area contributed by atoms with Crippen LogP contribution < -0.4 is 0 Å². The van der Waals surface area contributed by atoms with E-state index in [1.807, 2.05) is 11.0 Å². The Balaban J connectivity index is 1.82. The molecule has 1 saturated carbocycles. The Morgan fingerprint density at radius 2 is 1.89 bits per heavy atom. The predicted octanol–water partition coefficient (Wildman–Crippen LogP) is 2.05. The third-order valence-corrected chi connectivity index (χ3v) is 4.06. The average molecular weight is 244 g/mol. The van der Waals surface area contributed by atoms with Gasteiger partial charge in [0.05, 0.1) is 6.04 Å². The SMILES string of the molecule is CC(=O)N1CCN(C2CC2)CC1c1ccccc1. The molecule has 0 bridgehead atoms. The Bertz CT molecular complexity index is 427. The molecule has 3 rings (SSSR count). The first-order valence-electron chi connectivity index (χ1n) is 6.82. The highest BCUT2D eigenvalue weighted by molar-refractivity contribution is 5.74. The molecule has 0 N–H and O–H groups in total. The molecule has 1 amide bonds. The number of amides is 1. The minimum Gasteiger partial charge on any atom is -0.333 e. The van der Waals surface area contributed by atoms with Gasteiger partial charge in [-0.3, -0.25) is 9.69 Å². The number of carbonyl (C=O) groups excluding carboxylic acids is 1. The lowest BCUT2D eigenvalue weighted by Gasteiger charge is -2.41. The Labute approximate surface area is 108 Å². The van der Waals surface area contributed by atoms with E-state index in [2.05, 4.69) is 29.2 Å². The van der Waals surface area contributed by atoms with Crippen molar-refractivity contribution in [2.75, 3.05) is 19.6 Å². The number of nitrogens with zero attached hydrogens (tertiary/aromatic N) is 2. The highest BCUT2D eigenvalue weighted by atomic mass is 16.2. The van der Waals surface area contributed by atoms with Crippen LogP contribution >= 0.6 is 0 Å². The van der Waals surface area contributed by atoms with E-state index in [0.29, 0.717) is 0 Å². The van der Waals surface area contributed by atoms with Gasteiger partial charge in [0.15, 0.2) is 0 Å². The van der Waals surface area contributed by atoms with E-state index in [0.717, 1.165) is 25.7 Å². The second-order valence-electron chi connectivity index (χ2n) is 5.37. The maximum Gasteiger partial charge on any atom is 0.220 e. The van der Waals surface area contributed by atoms with Crippen molar-refractivity contribution in [3.63, 3.8) is 0 Å². The first-order chi connectivity index (χ1) is 8.75. The van der Waals surface area contributed by atoms with Gasteiger partial charge >= 0.3 is 0 Å². The van der Waals surface area contributed by atoms with E-state index >= 15 is 0 Å². The molecule has 1 unspecified atom stereocenters. The molecule has 3 heteroatoms. The third-order valence-electron chi connectivity index (χ3n) is 4.06. The maximum atomic E-state index is 11.8. The van der Waals surface area contributed by atoms with Crippen molar-refractivity contribution in [3.05, 3.63) is 35.9 Å². The summed E-state index contributed by atoms with van der Waals surface area (Å²) >= 11 is 0. The number of piperazine rings is 1. The van der Waals surface area contributed by atoms with Gasteiger partial charge < -0.3 is 4.90 Å². The van der Waals surface area contributed by atoms with Crippen molar-refractivity contribution >= 4 is 5.91 Å². The second-order valence-corrected chi connectivity index (χ2v) is 5.37. The minimum atomic E-state index is 0.194. The van der Waals surface area contributed by atoms with Crippen molar-refractivity contribution < 1.29 is 4.79 Å². The van der Waals surface area contributed by atoms with E-state index in [9.17, 15) is 4.79 Å². The fourth-order valence-electron chi connectivity index (χ4n) is 2.91. The van der Waals surface area contributed by atoms with Gasteiger partial charge in [0.2, 0.25) is 5.91 Å². The van der Waals surface area contributed by atoms with Crippen LogP contribution in [0.2, 0.25) is 0 Å². The summed E-state index contributed by atoms with van der Waals surface area (Å²) in [7, 11) is 0. The molecule has 0 radical (unpaired) electrons. The number of benzene rings is 1. The van der Waals surface area contributed by atoms with Crippen molar-refractivity contribution in [2.24, 2.45) is 0 Å². The van der Waals surface area contributed by atoms with E-state index in [4.69, 9.17) is 0 Å². The van der Waals surface area contributed by atoms with Crippen LogP contribution in [0.4, 0.5) is 0 Å². The largest absolute Gasteiger partial charge is 0.333 e. The monoisotopic (exact) mass is 244 g/mol. The first kappa shape index (κ1) is 11.7. The van der Waals surface area contributed by atoms with E-state index in [1.54, 1.807) is 6.92 Å². The summed E-state index contributed by atoms with van der Waals surface area (Å²) < 4.78 is 0. The molecule has 1 saturated heterocycles. The summed E-state index contributed by atoms with van der Waals surface area (Å²) in [6, 6.07) is 11.4. The third kappa shape index (κ3) is 2.27. The lowest BCUT2D eigenvalue weighted by atomic mass is 10.0. The molecule has 1 atom stereocenters. The summed E-state index contributed by atoms with van der Waals surface area (Å²) in [5.74, 6) is 0.194. The van der Waals surface area contributed by atoms with Gasteiger partial charge in [-0.2, -0.15) is 0 Å². The molecule has 2 aliphatic rings. The predicted molar refractivity (Wildman–Crippen MR) is 71.2 cm³/mol. The molecule has 18 heavy (non-hydrogen) atoms. The molecule has 1 aliphatic carbocycles. The zero-order chi connectivity index (χ0) is 12.5. The Hall–Kier alpha value is -1.35. The summed E-state index contributed by atoms with van der Waals surface area (Å²) in [4.78, 5) is 16.4. The molecule has 1 aromatic carbocycles. The van der Waals surface area contributed by atoms with Crippen molar-refractivity contribution in [1.82, 2.24) is 9.80 Å². The standard InChI is InChI=1S/C15H20N2O/c1-12(18)17-10-9-16(14-7-8-14)11-15(17)13-5-3-2-4-6-13/h2-6,14-15H,7-11H2,1H3. The van der Waals surface area contributed by atoms with Crippen LogP contribution in [-0.4, -0.2) is 41.4 Å². The van der Waals surface area contributed by atoms with Gasteiger partial charge in [-0.25, -0.2) is 0 Å². The van der Waals surface area contributed by atoms with Gasteiger partial charge in [-0.05, 0) is 18.4 Å². The molecule has 0 aromatic heterocycles. The lowest BCUT2D eigenvalue weighted by Crippen LogP contribution is -2.50. The number of hydrogen-bond acceptors (Lipinski definition) is 2. The molecule has 1 aliphatic heterocycles. The summed E-state index contributed by atoms with van der Waals surface area (Å²) in [5.41, 5.74) is 1.26. The summed E-state index contributed by atoms with van der Waals surface area (Å²) in [6.45, 7) is 4.58. The van der Waals surface area contributed by atoms with Gasteiger partial charge in [-0.15, -0.1) is 0 Å². The zero-order valence-corrected chi connectivity index (χ0v) is 10.9. The molecule has 96 valence electrons. The molecule has 2 fully saturated rings. The Morgan fingerprint density at radius 1 is 1.17 bits per heavy atom. The fourth-order valence-corrected chi connectivity index (χ4v) is 2.91. The van der Waals surface area contributed by atoms with Crippen LogP contribution in [0.5, 0.6) is 0 Å². The van der Waals surface area contributed by atoms with E-state index < -0.39 is 0 Å². The minimum absolute atomic E-state index is 0.194. The van der Waals surface area contributed by atoms with Crippen LogP contribution in [0.3, 0.4) is 0 Å². The van der Waals surface area contributed by atoms with Crippen LogP contribution in [0, 0.1) is 0 Å². The van der Waals surface area contributed by atoms with Gasteiger partial charge in [0.25, 0.3) is 0 Å². The number of hydrogen-bond donors (Lipinski definition) is 0. The van der Waals surface area contributed by atoms with Gasteiger partial charge in [0.1, 0.15) is 0 Å². The number of rotatable bonds is 2. The Kier molecular flexibility index (Phi) is 3.08. The second kappa shape index (κ2) is 4.73. The molecular weight excluding hydrogens is 224 g/mol. The Morgan fingerprint density at radius 3 is 2.50 bits per heavy atom. The highest BCUT2D eigenvalue weighted by Crippen LogP contribution is 2.33. The topological polar surface area (TPSA) is 23.6 Å². The molecule has 1 heterocycles. The van der Waals surface area contributed by atoms with Crippen molar-refractivity contribution in [2.45, 2.75) is 31.8 Å². The molecule has 1 aromatic rings. The van der Waals surface area contributed by atoms with Gasteiger partial charge in [-0.1, -0.05) is 30.3 Å². The van der Waals surface area contributed by atoms with Crippen molar-refractivity contribution in [3.8, 4) is 0 Å². The lowest BCUT2D eigenvalue weighted by molar-refractivity contribution is -0.134. The molecule has 3 nitrogen and oxygen atoms in total. The highest BCUT2D eigenvalue weighted by Gasteiger charge is 2.36. The summed E-state index contributed by atoms with van der Waals surface area (Å²) in [6.07, 6.45) is 2.67. The van der Waals surface area contributed by atoms with Crippen molar-refractivity contribution in [1.29, 1.82) is 0 Å².